The Balaban J connectivity index is 1.24. The highest BCUT2D eigenvalue weighted by molar-refractivity contribution is 6.30. The lowest BCUT2D eigenvalue weighted by Crippen LogP contribution is -2.43. The van der Waals surface area contributed by atoms with E-state index in [0.29, 0.717) is 54.9 Å². The lowest BCUT2D eigenvalue weighted by atomic mass is 9.96. The zero-order valence-electron chi connectivity index (χ0n) is 18.5. The molecule has 1 aliphatic heterocycles. The second-order valence-corrected chi connectivity index (χ2v) is 8.70. The van der Waals surface area contributed by atoms with Crippen LogP contribution in [0.15, 0.2) is 47.1 Å². The first-order valence-corrected chi connectivity index (χ1v) is 11.5. The number of rotatable bonds is 7. The van der Waals surface area contributed by atoms with Crippen LogP contribution < -0.4 is 5.32 Å². The van der Waals surface area contributed by atoms with Crippen molar-refractivity contribution in [1.82, 2.24) is 20.0 Å². The first kappa shape index (κ1) is 22.9. The Morgan fingerprint density at radius 3 is 2.79 bits per heavy atom. The summed E-state index contributed by atoms with van der Waals surface area (Å²) in [5.74, 6) is 1.24. The number of benzene rings is 1. The van der Waals surface area contributed by atoms with Gasteiger partial charge in [0.05, 0.1) is 5.92 Å². The molecule has 0 bridgehead atoms. The smallest absolute Gasteiger partial charge is 0.230 e. The third kappa shape index (κ3) is 6.16. The van der Waals surface area contributed by atoms with E-state index in [1.54, 1.807) is 29.3 Å². The summed E-state index contributed by atoms with van der Waals surface area (Å²) in [6.45, 7) is 3.05. The van der Waals surface area contributed by atoms with Crippen molar-refractivity contribution in [2.24, 2.45) is 5.92 Å². The quantitative estimate of drug-likeness (QED) is 0.556. The number of amides is 2. The number of nitrogens with one attached hydrogen (secondary N) is 1. The molecule has 1 aromatic carbocycles. The number of pyridine rings is 1. The predicted molar refractivity (Wildman–Crippen MR) is 125 cm³/mol. The van der Waals surface area contributed by atoms with Crippen LogP contribution in [0, 0.1) is 12.8 Å². The van der Waals surface area contributed by atoms with Crippen LogP contribution in [0.3, 0.4) is 0 Å². The monoisotopic (exact) mass is 467 g/mol. The molecule has 33 heavy (non-hydrogen) atoms. The zero-order valence-corrected chi connectivity index (χ0v) is 19.2. The number of aryl methyl sites for hydroxylation is 2. The molecule has 2 aromatic heterocycles. The maximum Gasteiger partial charge on any atom is 0.230 e. The number of carbonyl (C=O) groups excluding carboxylic acids is 2. The molecule has 3 aromatic rings. The summed E-state index contributed by atoms with van der Waals surface area (Å²) in [4.78, 5) is 35.7. The van der Waals surface area contributed by atoms with Crippen LogP contribution in [0.2, 0.25) is 5.02 Å². The van der Waals surface area contributed by atoms with Crippen molar-refractivity contribution in [3.63, 3.8) is 0 Å². The third-order valence-electron chi connectivity index (χ3n) is 5.66. The van der Waals surface area contributed by atoms with Crippen LogP contribution in [0.4, 0.5) is 5.82 Å². The molecule has 172 valence electrons. The summed E-state index contributed by atoms with van der Waals surface area (Å²) in [6.07, 6.45) is 4.77. The van der Waals surface area contributed by atoms with Gasteiger partial charge in [-0.2, -0.15) is 4.98 Å². The van der Waals surface area contributed by atoms with Gasteiger partial charge in [0.2, 0.25) is 23.5 Å². The van der Waals surface area contributed by atoms with E-state index in [2.05, 4.69) is 20.4 Å². The van der Waals surface area contributed by atoms with Gasteiger partial charge in [-0.15, -0.1) is 0 Å². The first-order valence-electron chi connectivity index (χ1n) is 11.1. The molecule has 3 heterocycles. The van der Waals surface area contributed by atoms with Gasteiger partial charge in [-0.25, -0.2) is 4.98 Å². The van der Waals surface area contributed by atoms with E-state index >= 15 is 0 Å². The number of carbonyl (C=O) groups is 2. The van der Waals surface area contributed by atoms with Gasteiger partial charge in [0, 0.05) is 42.7 Å². The minimum absolute atomic E-state index is 0.0402. The summed E-state index contributed by atoms with van der Waals surface area (Å²) in [5, 5.41) is 7.50. The van der Waals surface area contributed by atoms with Gasteiger partial charge in [-0.05, 0) is 62.1 Å². The van der Waals surface area contributed by atoms with Crippen molar-refractivity contribution in [2.75, 3.05) is 18.4 Å². The summed E-state index contributed by atoms with van der Waals surface area (Å²) in [7, 11) is 0. The molecule has 1 N–H and O–H groups in total. The highest BCUT2D eigenvalue weighted by atomic mass is 35.5. The molecular formula is C24H26ClN5O3. The Morgan fingerprint density at radius 1 is 1.21 bits per heavy atom. The maximum atomic E-state index is 12.7. The van der Waals surface area contributed by atoms with Gasteiger partial charge in [0.15, 0.2) is 0 Å². The molecule has 1 atom stereocenters. The molecule has 0 aliphatic carbocycles. The molecule has 1 saturated heterocycles. The van der Waals surface area contributed by atoms with Crippen LogP contribution in [0.25, 0.3) is 11.4 Å². The molecule has 1 fully saturated rings. The van der Waals surface area contributed by atoms with Gasteiger partial charge in [-0.1, -0.05) is 22.8 Å². The Kier molecular flexibility index (Phi) is 7.34. The van der Waals surface area contributed by atoms with Gasteiger partial charge in [0.25, 0.3) is 0 Å². The number of aromatic nitrogens is 3. The highest BCUT2D eigenvalue weighted by Crippen LogP contribution is 2.21. The molecule has 2 amide bonds. The summed E-state index contributed by atoms with van der Waals surface area (Å²) < 4.78 is 5.31. The highest BCUT2D eigenvalue weighted by Gasteiger charge is 2.28. The SMILES string of the molecule is Cc1ccc(NC(=O)C2CCCN(C(=O)CCCc3nc(-c4ccc(Cl)cc4)no3)C2)nc1. The molecule has 8 nitrogen and oxygen atoms in total. The summed E-state index contributed by atoms with van der Waals surface area (Å²) in [6, 6.07) is 10.9. The van der Waals surface area contributed by atoms with E-state index in [1.165, 1.54) is 0 Å². The van der Waals surface area contributed by atoms with Gasteiger partial charge in [-0.3, -0.25) is 9.59 Å². The van der Waals surface area contributed by atoms with Gasteiger partial charge >= 0.3 is 0 Å². The molecular weight excluding hydrogens is 442 g/mol. The van der Waals surface area contributed by atoms with E-state index in [9.17, 15) is 9.59 Å². The van der Waals surface area contributed by atoms with Crippen molar-refractivity contribution in [2.45, 2.75) is 39.0 Å². The Bertz CT molecular complexity index is 1100. The molecule has 1 aliphatic rings. The average Bonchev–Trinajstić information content (AvgIpc) is 3.30. The number of nitrogens with zero attached hydrogens (tertiary/aromatic N) is 4. The number of likely N-dealkylation sites (tertiary alicyclic amines) is 1. The molecule has 0 spiro atoms. The van der Waals surface area contributed by atoms with Crippen molar-refractivity contribution in [3.05, 3.63) is 59.1 Å². The van der Waals surface area contributed by atoms with Crippen molar-refractivity contribution >= 4 is 29.2 Å². The van der Waals surface area contributed by atoms with Crippen LogP contribution in [0.5, 0.6) is 0 Å². The molecule has 9 heteroatoms. The Hall–Kier alpha value is -3.26. The number of hydrogen-bond donors (Lipinski definition) is 1. The van der Waals surface area contributed by atoms with Crippen LogP contribution in [-0.4, -0.2) is 44.9 Å². The first-order chi connectivity index (χ1) is 16.0. The lowest BCUT2D eigenvalue weighted by Gasteiger charge is -2.32. The number of hydrogen-bond acceptors (Lipinski definition) is 6. The summed E-state index contributed by atoms with van der Waals surface area (Å²) >= 11 is 5.91. The maximum absolute atomic E-state index is 12.7. The molecule has 0 radical (unpaired) electrons. The lowest BCUT2D eigenvalue weighted by molar-refractivity contribution is -0.134. The fourth-order valence-electron chi connectivity index (χ4n) is 3.81. The van der Waals surface area contributed by atoms with E-state index in [0.717, 1.165) is 24.0 Å². The van der Waals surface area contributed by atoms with Crippen molar-refractivity contribution in [1.29, 1.82) is 0 Å². The largest absolute Gasteiger partial charge is 0.342 e. The predicted octanol–water partition coefficient (Wildman–Crippen LogP) is 4.29. The molecule has 4 rings (SSSR count). The van der Waals surface area contributed by atoms with E-state index < -0.39 is 0 Å². The van der Waals surface area contributed by atoms with E-state index in [-0.39, 0.29) is 17.7 Å². The van der Waals surface area contributed by atoms with Gasteiger partial charge < -0.3 is 14.7 Å². The van der Waals surface area contributed by atoms with Crippen LogP contribution >= 0.6 is 11.6 Å². The fourth-order valence-corrected chi connectivity index (χ4v) is 3.94. The Labute approximate surface area is 197 Å². The minimum Gasteiger partial charge on any atom is -0.342 e. The van der Waals surface area contributed by atoms with Gasteiger partial charge in [0.1, 0.15) is 5.82 Å². The minimum atomic E-state index is -0.233. The van der Waals surface area contributed by atoms with Crippen LogP contribution in [-0.2, 0) is 16.0 Å². The van der Waals surface area contributed by atoms with Crippen LogP contribution in [0.1, 0.15) is 37.1 Å². The summed E-state index contributed by atoms with van der Waals surface area (Å²) in [5.41, 5.74) is 1.85. The average molecular weight is 468 g/mol. The number of piperidine rings is 1. The number of halogens is 1. The van der Waals surface area contributed by atoms with Crippen molar-refractivity contribution in [3.8, 4) is 11.4 Å². The van der Waals surface area contributed by atoms with E-state index in [1.807, 2.05) is 25.1 Å². The molecule has 1 unspecified atom stereocenters. The topological polar surface area (TPSA) is 101 Å². The van der Waals surface area contributed by atoms with Crippen molar-refractivity contribution < 1.29 is 14.1 Å². The normalized spacial score (nSPS) is 15.9. The zero-order chi connectivity index (χ0) is 23.2. The standard InChI is InChI=1S/C24H26ClN5O3/c1-16-7-12-20(26-14-16)27-24(32)18-4-3-13-30(15-18)22(31)6-2-5-21-28-23(29-33-21)17-8-10-19(25)11-9-17/h7-12,14,18H,2-6,13,15H2,1H3,(H,26,27,32). The van der Waals surface area contributed by atoms with E-state index in [4.69, 9.17) is 16.1 Å². The second kappa shape index (κ2) is 10.6. The fraction of sp³-hybridized carbons (Fsp3) is 0.375. The Morgan fingerprint density at radius 2 is 2.03 bits per heavy atom. The third-order valence-corrected chi connectivity index (χ3v) is 5.91. The number of anilines is 1. The second-order valence-electron chi connectivity index (χ2n) is 8.26. The molecule has 0 saturated carbocycles.